The molecule has 0 atom stereocenters. The summed E-state index contributed by atoms with van der Waals surface area (Å²) in [6.07, 6.45) is 2.31. The van der Waals surface area contributed by atoms with Gasteiger partial charge in [-0.05, 0) is 12.8 Å². The molecule has 0 aromatic heterocycles. The predicted molar refractivity (Wildman–Crippen MR) is 50.3 cm³/mol. The van der Waals surface area contributed by atoms with Crippen molar-refractivity contribution in [1.82, 2.24) is 0 Å². The van der Waals surface area contributed by atoms with E-state index in [-0.39, 0.29) is 12.8 Å². The van der Waals surface area contributed by atoms with Gasteiger partial charge >= 0.3 is 5.97 Å². The molecule has 1 aliphatic rings. The number of rotatable bonds is 3. The molecule has 0 aromatic carbocycles. The van der Waals surface area contributed by atoms with Crippen LogP contribution in [0.2, 0.25) is 0 Å². The van der Waals surface area contributed by atoms with E-state index in [0.29, 0.717) is 12.8 Å². The third-order valence-electron chi connectivity index (χ3n) is 2.75. The number of carbonyl (C=O) groups excluding carboxylic acids is 1. The van der Waals surface area contributed by atoms with E-state index >= 15 is 0 Å². The fraction of sp³-hybridized carbons (Fsp3) is 0.857. The summed E-state index contributed by atoms with van der Waals surface area (Å²) in [5, 5.41) is 0. The zero-order chi connectivity index (χ0) is 11.5. The first-order valence-corrected chi connectivity index (χ1v) is 5.95. The molecule has 7 nitrogen and oxygen atoms in total. The van der Waals surface area contributed by atoms with Crippen molar-refractivity contribution in [2.45, 2.75) is 36.9 Å². The maximum Gasteiger partial charge on any atom is 0.348 e. The highest BCUT2D eigenvalue weighted by atomic mass is 32.2. The maximum atomic E-state index is 11.6. The third kappa shape index (κ3) is 1.98. The Labute approximate surface area is 87.7 Å². The number of hydrogen-bond donors (Lipinski definition) is 2. The van der Waals surface area contributed by atoms with Gasteiger partial charge in [0.2, 0.25) is 0 Å². The minimum atomic E-state index is -4.17. The summed E-state index contributed by atoms with van der Waals surface area (Å²) >= 11 is 0. The lowest BCUT2D eigenvalue weighted by molar-refractivity contribution is -0.148. The van der Waals surface area contributed by atoms with Crippen molar-refractivity contribution < 1.29 is 22.3 Å². The van der Waals surface area contributed by atoms with E-state index in [1.807, 2.05) is 0 Å². The Morgan fingerprint density at radius 2 is 1.67 bits per heavy atom. The summed E-state index contributed by atoms with van der Waals surface area (Å²) < 4.78 is 25.3. The molecule has 1 aliphatic carbocycles. The van der Waals surface area contributed by atoms with Crippen molar-refractivity contribution in [3.05, 3.63) is 0 Å². The summed E-state index contributed by atoms with van der Waals surface area (Å²) in [5.74, 6) is 8.40. The first-order chi connectivity index (χ1) is 7.00. The van der Waals surface area contributed by atoms with Gasteiger partial charge in [0.25, 0.3) is 10.1 Å². The molecule has 0 bridgehead atoms. The molecule has 1 saturated carbocycles. The van der Waals surface area contributed by atoms with Gasteiger partial charge in [-0.25, -0.2) is 4.79 Å². The Hall–Kier alpha value is -0.700. The highest BCUT2D eigenvalue weighted by molar-refractivity contribution is 7.89. The summed E-state index contributed by atoms with van der Waals surface area (Å²) in [6.45, 7) is 0. The molecule has 4 N–H and O–H groups in total. The molecule has 1 fully saturated rings. The van der Waals surface area contributed by atoms with Crippen LogP contribution in [0.3, 0.4) is 0 Å². The molecule has 1 rings (SSSR count). The fourth-order valence-corrected chi connectivity index (χ4v) is 3.10. The topological polar surface area (TPSA) is 122 Å². The molecule has 0 heterocycles. The normalized spacial score (nSPS) is 20.9. The van der Waals surface area contributed by atoms with Crippen LogP contribution < -0.4 is 11.8 Å². The van der Waals surface area contributed by atoms with Crippen LogP contribution in [0.4, 0.5) is 0 Å². The molecule has 0 aliphatic heterocycles. The van der Waals surface area contributed by atoms with Crippen LogP contribution in [-0.2, 0) is 24.0 Å². The van der Waals surface area contributed by atoms with Crippen molar-refractivity contribution >= 4 is 16.1 Å². The second-order valence-corrected chi connectivity index (χ2v) is 5.39. The van der Waals surface area contributed by atoms with E-state index in [9.17, 15) is 13.2 Å². The average molecular weight is 238 g/mol. The molecule has 8 heteroatoms. The van der Waals surface area contributed by atoms with Crippen molar-refractivity contribution in [3.8, 4) is 0 Å². The van der Waals surface area contributed by atoms with Gasteiger partial charge in [0.15, 0.2) is 4.75 Å². The maximum absolute atomic E-state index is 11.6. The van der Waals surface area contributed by atoms with Crippen LogP contribution in [0.1, 0.15) is 32.1 Å². The molecule has 0 aromatic rings. The standard InChI is InChI=1S/C7H14N2O5S/c8-13-6(10)7(15(11,12)14-9)4-2-1-3-5-7/h1-5,8-9H2. The average Bonchev–Trinajstić information content (AvgIpc) is 2.28. The van der Waals surface area contributed by atoms with Gasteiger partial charge in [-0.15, -0.1) is 0 Å². The van der Waals surface area contributed by atoms with Gasteiger partial charge in [-0.1, -0.05) is 19.3 Å². The van der Waals surface area contributed by atoms with E-state index in [4.69, 9.17) is 5.90 Å². The van der Waals surface area contributed by atoms with Crippen LogP contribution in [0, 0.1) is 0 Å². The van der Waals surface area contributed by atoms with E-state index < -0.39 is 20.8 Å². The van der Waals surface area contributed by atoms with Gasteiger partial charge in [0.05, 0.1) is 0 Å². The molecule has 0 amide bonds. The van der Waals surface area contributed by atoms with E-state index in [1.54, 1.807) is 0 Å². The molecule has 0 radical (unpaired) electrons. The molecule has 0 unspecified atom stereocenters. The van der Waals surface area contributed by atoms with Gasteiger partial charge in [-0.2, -0.15) is 24.5 Å². The Kier molecular flexibility index (Phi) is 3.66. The largest absolute Gasteiger partial charge is 0.372 e. The minimum Gasteiger partial charge on any atom is -0.372 e. The highest BCUT2D eigenvalue weighted by Crippen LogP contribution is 2.36. The van der Waals surface area contributed by atoms with E-state index in [0.717, 1.165) is 6.42 Å². The van der Waals surface area contributed by atoms with Crippen LogP contribution in [0.25, 0.3) is 0 Å². The Morgan fingerprint density at radius 1 is 1.13 bits per heavy atom. The van der Waals surface area contributed by atoms with Gasteiger partial charge in [-0.3, -0.25) is 0 Å². The number of carbonyl (C=O) groups is 1. The molecule has 0 spiro atoms. The SMILES string of the molecule is NOC(=O)C1(S(=O)(=O)ON)CCCCC1. The highest BCUT2D eigenvalue weighted by Gasteiger charge is 2.53. The minimum absolute atomic E-state index is 0.128. The summed E-state index contributed by atoms with van der Waals surface area (Å²) in [7, 11) is -4.17. The smallest absolute Gasteiger partial charge is 0.348 e. The molecule has 15 heavy (non-hydrogen) atoms. The van der Waals surface area contributed by atoms with Crippen molar-refractivity contribution in [2.24, 2.45) is 11.8 Å². The Balaban J connectivity index is 3.11. The molecule has 0 saturated heterocycles. The van der Waals surface area contributed by atoms with E-state index in [1.165, 1.54) is 0 Å². The number of nitrogens with two attached hydrogens (primary N) is 2. The third-order valence-corrected chi connectivity index (χ3v) is 4.53. The monoisotopic (exact) mass is 238 g/mol. The van der Waals surface area contributed by atoms with Crippen molar-refractivity contribution in [1.29, 1.82) is 0 Å². The lowest BCUT2D eigenvalue weighted by atomic mass is 9.88. The van der Waals surface area contributed by atoms with Crippen LogP contribution in [-0.4, -0.2) is 19.1 Å². The van der Waals surface area contributed by atoms with Crippen molar-refractivity contribution in [3.63, 3.8) is 0 Å². The van der Waals surface area contributed by atoms with Gasteiger partial charge in [0.1, 0.15) is 0 Å². The number of hydrogen-bond acceptors (Lipinski definition) is 7. The summed E-state index contributed by atoms with van der Waals surface area (Å²) in [5.41, 5.74) is 0. The molecular formula is C7H14N2O5S. The Bertz CT molecular complexity index is 333. The van der Waals surface area contributed by atoms with Gasteiger partial charge in [0, 0.05) is 0 Å². The predicted octanol–water partition coefficient (Wildman–Crippen LogP) is -0.674. The first kappa shape index (κ1) is 12.4. The quantitative estimate of drug-likeness (QED) is 0.625. The van der Waals surface area contributed by atoms with Crippen molar-refractivity contribution in [2.75, 3.05) is 0 Å². The second-order valence-electron chi connectivity index (χ2n) is 3.51. The zero-order valence-electron chi connectivity index (χ0n) is 8.14. The molecule has 88 valence electrons. The first-order valence-electron chi connectivity index (χ1n) is 4.54. The van der Waals surface area contributed by atoms with Crippen LogP contribution in [0.15, 0.2) is 0 Å². The summed E-state index contributed by atoms with van der Waals surface area (Å²) in [4.78, 5) is 15.5. The van der Waals surface area contributed by atoms with Gasteiger partial charge < -0.3 is 4.84 Å². The zero-order valence-corrected chi connectivity index (χ0v) is 8.96. The summed E-state index contributed by atoms with van der Waals surface area (Å²) in [6, 6.07) is 0. The lowest BCUT2D eigenvalue weighted by Crippen LogP contribution is -2.51. The second kappa shape index (κ2) is 4.44. The van der Waals surface area contributed by atoms with Crippen LogP contribution >= 0.6 is 0 Å². The lowest BCUT2D eigenvalue weighted by Gasteiger charge is -2.31. The Morgan fingerprint density at radius 3 is 2.07 bits per heavy atom. The van der Waals surface area contributed by atoms with Crippen LogP contribution in [0.5, 0.6) is 0 Å². The molecular weight excluding hydrogens is 224 g/mol. The fourth-order valence-electron chi connectivity index (χ4n) is 1.88. The van der Waals surface area contributed by atoms with E-state index in [2.05, 4.69) is 15.0 Å².